The van der Waals surface area contributed by atoms with E-state index in [0.29, 0.717) is 12.2 Å². The van der Waals surface area contributed by atoms with Gasteiger partial charge in [-0.3, -0.25) is 10.1 Å². The van der Waals surface area contributed by atoms with Gasteiger partial charge in [-0.25, -0.2) is 0 Å². The first-order valence-corrected chi connectivity index (χ1v) is 6.96. The van der Waals surface area contributed by atoms with Crippen LogP contribution in [0.4, 0.5) is 11.4 Å². The van der Waals surface area contributed by atoms with Crippen molar-refractivity contribution >= 4 is 38.6 Å². The van der Waals surface area contributed by atoms with Crippen molar-refractivity contribution in [3.05, 3.63) is 54.7 Å². The lowest BCUT2D eigenvalue weighted by Gasteiger charge is -2.09. The summed E-state index contributed by atoms with van der Waals surface area (Å²) in [7, 11) is 0. The molecule has 94 valence electrons. The molecule has 1 heterocycles. The first-order valence-electron chi connectivity index (χ1n) is 5.29. The van der Waals surface area contributed by atoms with Gasteiger partial charge in [0.1, 0.15) is 5.69 Å². The van der Waals surface area contributed by atoms with Gasteiger partial charge in [-0.15, -0.1) is 11.3 Å². The molecule has 0 fully saturated rings. The highest BCUT2D eigenvalue weighted by atomic mass is 79.9. The number of hydrogen-bond acceptors (Lipinski definition) is 4. The van der Waals surface area contributed by atoms with Gasteiger partial charge in [-0.05, 0) is 39.9 Å². The largest absolute Gasteiger partial charge is 0.374 e. The third-order valence-corrected chi connectivity index (χ3v) is 4.49. The minimum absolute atomic E-state index is 0.114. The fourth-order valence-corrected chi connectivity index (χ4v) is 3.09. The van der Waals surface area contributed by atoms with Crippen LogP contribution in [0.25, 0.3) is 0 Å². The Labute approximate surface area is 117 Å². The van der Waals surface area contributed by atoms with E-state index in [9.17, 15) is 10.1 Å². The van der Waals surface area contributed by atoms with Gasteiger partial charge >= 0.3 is 0 Å². The Morgan fingerprint density at radius 1 is 1.44 bits per heavy atom. The third kappa shape index (κ3) is 2.70. The summed E-state index contributed by atoms with van der Waals surface area (Å²) in [5.41, 5.74) is 1.57. The number of rotatable bonds is 4. The summed E-state index contributed by atoms with van der Waals surface area (Å²) in [6.45, 7) is 2.43. The number of benzene rings is 1. The van der Waals surface area contributed by atoms with Crippen LogP contribution in [0.1, 0.15) is 10.4 Å². The molecule has 2 aromatic rings. The fourth-order valence-electron chi connectivity index (χ4n) is 1.65. The van der Waals surface area contributed by atoms with Gasteiger partial charge in [0.05, 0.1) is 11.5 Å². The van der Waals surface area contributed by atoms with E-state index in [0.717, 1.165) is 14.9 Å². The molecule has 0 amide bonds. The van der Waals surface area contributed by atoms with Gasteiger partial charge in [0.15, 0.2) is 0 Å². The fraction of sp³-hybridized carbons (Fsp3) is 0.167. The van der Waals surface area contributed by atoms with E-state index < -0.39 is 0 Å². The molecular weight excluding hydrogens is 316 g/mol. The molecule has 4 nitrogen and oxygen atoms in total. The van der Waals surface area contributed by atoms with Crippen molar-refractivity contribution in [2.45, 2.75) is 13.5 Å². The SMILES string of the molecule is Cc1cccc([N+](=O)[O-])c1NCc1sccc1Br. The number of thiophene rings is 1. The van der Waals surface area contributed by atoms with E-state index in [-0.39, 0.29) is 10.6 Å². The number of nitrogens with one attached hydrogen (secondary N) is 1. The molecule has 0 aliphatic carbocycles. The summed E-state index contributed by atoms with van der Waals surface area (Å²) in [5, 5.41) is 16.1. The van der Waals surface area contributed by atoms with Gasteiger partial charge < -0.3 is 5.32 Å². The van der Waals surface area contributed by atoms with Crippen LogP contribution in [0.2, 0.25) is 0 Å². The van der Waals surface area contributed by atoms with Crippen molar-refractivity contribution in [3.63, 3.8) is 0 Å². The van der Waals surface area contributed by atoms with E-state index in [1.807, 2.05) is 24.4 Å². The second kappa shape index (κ2) is 5.49. The number of para-hydroxylation sites is 1. The average Bonchev–Trinajstić information content (AvgIpc) is 2.73. The number of nitro groups is 1. The van der Waals surface area contributed by atoms with E-state index in [4.69, 9.17) is 0 Å². The quantitative estimate of drug-likeness (QED) is 0.671. The highest BCUT2D eigenvalue weighted by molar-refractivity contribution is 9.10. The van der Waals surface area contributed by atoms with Gasteiger partial charge in [0.2, 0.25) is 0 Å². The Morgan fingerprint density at radius 3 is 2.83 bits per heavy atom. The Morgan fingerprint density at radius 2 is 2.22 bits per heavy atom. The molecule has 0 aliphatic rings. The van der Waals surface area contributed by atoms with Crippen LogP contribution in [0, 0.1) is 17.0 Å². The molecule has 1 aromatic carbocycles. The average molecular weight is 327 g/mol. The second-order valence-corrected chi connectivity index (χ2v) is 5.63. The molecular formula is C12H11BrN2O2S. The molecule has 1 N–H and O–H groups in total. The summed E-state index contributed by atoms with van der Waals surface area (Å²) in [6, 6.07) is 7.03. The first-order chi connectivity index (χ1) is 8.59. The maximum atomic E-state index is 11.0. The van der Waals surface area contributed by atoms with Crippen LogP contribution in [-0.2, 0) is 6.54 Å². The molecule has 18 heavy (non-hydrogen) atoms. The van der Waals surface area contributed by atoms with E-state index >= 15 is 0 Å². The summed E-state index contributed by atoms with van der Waals surface area (Å²) in [6.07, 6.45) is 0. The number of halogens is 1. The lowest BCUT2D eigenvalue weighted by Crippen LogP contribution is -2.03. The molecule has 0 aliphatic heterocycles. The predicted molar refractivity (Wildman–Crippen MR) is 77.2 cm³/mol. The Kier molecular flexibility index (Phi) is 3.98. The third-order valence-electron chi connectivity index (χ3n) is 2.56. The Bertz CT molecular complexity index is 583. The Balaban J connectivity index is 2.24. The molecule has 2 rings (SSSR count). The molecule has 0 bridgehead atoms. The second-order valence-electron chi connectivity index (χ2n) is 3.77. The van der Waals surface area contributed by atoms with Crippen molar-refractivity contribution in [1.29, 1.82) is 0 Å². The molecule has 0 atom stereocenters. The van der Waals surface area contributed by atoms with Crippen molar-refractivity contribution in [3.8, 4) is 0 Å². The lowest BCUT2D eigenvalue weighted by atomic mass is 10.1. The summed E-state index contributed by atoms with van der Waals surface area (Å²) < 4.78 is 1.02. The molecule has 1 aromatic heterocycles. The monoisotopic (exact) mass is 326 g/mol. The number of aryl methyl sites for hydroxylation is 1. The zero-order valence-electron chi connectivity index (χ0n) is 9.64. The number of hydrogen-bond donors (Lipinski definition) is 1. The van der Waals surface area contributed by atoms with Gasteiger partial charge in [-0.1, -0.05) is 12.1 Å². The minimum Gasteiger partial charge on any atom is -0.374 e. The van der Waals surface area contributed by atoms with Crippen LogP contribution >= 0.6 is 27.3 Å². The van der Waals surface area contributed by atoms with Crippen molar-refractivity contribution in [2.24, 2.45) is 0 Å². The molecule has 0 unspecified atom stereocenters. The van der Waals surface area contributed by atoms with E-state index in [1.54, 1.807) is 17.4 Å². The lowest BCUT2D eigenvalue weighted by molar-refractivity contribution is -0.384. The highest BCUT2D eigenvalue weighted by Crippen LogP contribution is 2.30. The van der Waals surface area contributed by atoms with E-state index in [1.165, 1.54) is 6.07 Å². The minimum atomic E-state index is -0.362. The number of nitrogens with zero attached hydrogens (tertiary/aromatic N) is 1. The van der Waals surface area contributed by atoms with Crippen molar-refractivity contribution < 1.29 is 4.92 Å². The van der Waals surface area contributed by atoms with Gasteiger partial charge in [0, 0.05) is 15.4 Å². The number of nitro benzene ring substituents is 1. The molecule has 0 saturated carbocycles. The summed E-state index contributed by atoms with van der Waals surface area (Å²) >= 11 is 5.05. The standard InChI is InChI=1S/C12H11BrN2O2S/c1-8-3-2-4-10(15(16)17)12(8)14-7-11-9(13)5-6-18-11/h2-6,14H,7H2,1H3. The van der Waals surface area contributed by atoms with Crippen LogP contribution in [0.3, 0.4) is 0 Å². The first kappa shape index (κ1) is 13.0. The van der Waals surface area contributed by atoms with Crippen molar-refractivity contribution in [1.82, 2.24) is 0 Å². The molecule has 0 spiro atoms. The Hall–Kier alpha value is -1.40. The predicted octanol–water partition coefficient (Wildman–Crippen LogP) is 4.34. The smallest absolute Gasteiger partial charge is 0.292 e. The maximum Gasteiger partial charge on any atom is 0.292 e. The summed E-state index contributed by atoms with van der Waals surface area (Å²) in [4.78, 5) is 11.7. The zero-order chi connectivity index (χ0) is 13.1. The van der Waals surface area contributed by atoms with Crippen LogP contribution in [0.5, 0.6) is 0 Å². The highest BCUT2D eigenvalue weighted by Gasteiger charge is 2.15. The molecule has 0 radical (unpaired) electrons. The topological polar surface area (TPSA) is 55.2 Å². The molecule has 0 saturated heterocycles. The summed E-state index contributed by atoms with van der Waals surface area (Å²) in [5.74, 6) is 0. The van der Waals surface area contributed by atoms with Crippen LogP contribution in [0.15, 0.2) is 34.1 Å². The van der Waals surface area contributed by atoms with Crippen LogP contribution in [-0.4, -0.2) is 4.92 Å². The van der Waals surface area contributed by atoms with Crippen LogP contribution < -0.4 is 5.32 Å². The van der Waals surface area contributed by atoms with Crippen molar-refractivity contribution in [2.75, 3.05) is 5.32 Å². The zero-order valence-corrected chi connectivity index (χ0v) is 12.0. The molecule has 6 heteroatoms. The number of anilines is 1. The normalized spacial score (nSPS) is 10.3. The van der Waals surface area contributed by atoms with Gasteiger partial charge in [-0.2, -0.15) is 0 Å². The van der Waals surface area contributed by atoms with E-state index in [2.05, 4.69) is 21.2 Å². The maximum absolute atomic E-state index is 11.0. The van der Waals surface area contributed by atoms with Gasteiger partial charge in [0.25, 0.3) is 5.69 Å².